The number of Topliss-reactive ketones (excluding diaryl/α,β-unsaturated/α-hetero) is 1. The van der Waals surface area contributed by atoms with Crippen molar-refractivity contribution in [2.75, 3.05) is 11.1 Å². The number of carbonyl (C=O) groups excluding carboxylic acids is 2. The number of nitrogens with one attached hydrogen (secondary N) is 1. The van der Waals surface area contributed by atoms with Gasteiger partial charge in [0.15, 0.2) is 5.78 Å². The van der Waals surface area contributed by atoms with E-state index in [9.17, 15) is 9.59 Å². The largest absolute Gasteiger partial charge is 0.326 e. The van der Waals surface area contributed by atoms with Crippen LogP contribution in [0.3, 0.4) is 0 Å². The first kappa shape index (κ1) is 17.6. The Labute approximate surface area is 153 Å². The number of hydrogen-bond acceptors (Lipinski definition) is 6. The molecule has 2 aromatic heterocycles. The monoisotopic (exact) mass is 371 g/mol. The summed E-state index contributed by atoms with van der Waals surface area (Å²) >= 11 is 2.99. The van der Waals surface area contributed by atoms with E-state index < -0.39 is 0 Å². The molecular formula is C18H17N3O2S2. The fourth-order valence-corrected chi connectivity index (χ4v) is 3.95. The fraction of sp³-hybridized carbons (Fsp3) is 0.222. The Kier molecular flexibility index (Phi) is 5.45. The predicted octanol–water partition coefficient (Wildman–Crippen LogP) is 4.26. The van der Waals surface area contributed by atoms with Crippen LogP contribution in [0.2, 0.25) is 0 Å². The first-order chi connectivity index (χ1) is 12.0. The summed E-state index contributed by atoms with van der Waals surface area (Å²) < 4.78 is 1.01. The SMILES string of the molecule is CC(C)C(=O)Nc1ccc(C(=O)CSc2ncnc3ccsc23)cc1. The van der Waals surface area contributed by atoms with Crippen molar-refractivity contribution in [3.63, 3.8) is 0 Å². The fourth-order valence-electron chi connectivity index (χ4n) is 2.11. The lowest BCUT2D eigenvalue weighted by Crippen LogP contribution is -2.17. The van der Waals surface area contributed by atoms with Crippen LogP contribution in [0.4, 0.5) is 5.69 Å². The number of ketones is 1. The Bertz CT molecular complexity index is 904. The number of benzene rings is 1. The Morgan fingerprint density at radius 2 is 1.92 bits per heavy atom. The average Bonchev–Trinajstić information content (AvgIpc) is 3.09. The van der Waals surface area contributed by atoms with Gasteiger partial charge in [-0.3, -0.25) is 9.59 Å². The van der Waals surface area contributed by atoms with Gasteiger partial charge in [0.05, 0.1) is 16.0 Å². The maximum absolute atomic E-state index is 12.4. The molecule has 0 aliphatic heterocycles. The van der Waals surface area contributed by atoms with E-state index in [1.165, 1.54) is 18.1 Å². The molecule has 5 nitrogen and oxygen atoms in total. The third-order valence-corrected chi connectivity index (χ3v) is 5.58. The van der Waals surface area contributed by atoms with Crippen LogP contribution < -0.4 is 5.32 Å². The molecule has 2 heterocycles. The Balaban J connectivity index is 1.63. The van der Waals surface area contributed by atoms with E-state index in [1.54, 1.807) is 35.6 Å². The maximum Gasteiger partial charge on any atom is 0.226 e. The lowest BCUT2D eigenvalue weighted by atomic mass is 10.1. The molecule has 0 saturated heterocycles. The molecule has 0 radical (unpaired) electrons. The summed E-state index contributed by atoms with van der Waals surface area (Å²) in [5, 5.41) is 5.61. The third kappa shape index (κ3) is 4.24. The lowest BCUT2D eigenvalue weighted by Gasteiger charge is -2.08. The highest BCUT2D eigenvalue weighted by atomic mass is 32.2. The number of rotatable bonds is 6. The molecule has 0 unspecified atom stereocenters. The first-order valence-electron chi connectivity index (χ1n) is 7.79. The topological polar surface area (TPSA) is 72.0 Å². The molecule has 3 rings (SSSR count). The Hall–Kier alpha value is -2.25. The van der Waals surface area contributed by atoms with Crippen LogP contribution in [-0.2, 0) is 4.79 Å². The van der Waals surface area contributed by atoms with Crippen molar-refractivity contribution >= 4 is 50.7 Å². The van der Waals surface area contributed by atoms with Gasteiger partial charge in [0.25, 0.3) is 0 Å². The zero-order chi connectivity index (χ0) is 17.8. The number of amides is 1. The van der Waals surface area contributed by atoms with Gasteiger partial charge in [-0.1, -0.05) is 25.6 Å². The maximum atomic E-state index is 12.4. The van der Waals surface area contributed by atoms with E-state index >= 15 is 0 Å². The summed E-state index contributed by atoms with van der Waals surface area (Å²) in [5.74, 6) is 0.204. The number of fused-ring (bicyclic) bond motifs is 1. The predicted molar refractivity (Wildman–Crippen MR) is 102 cm³/mol. The molecule has 7 heteroatoms. The van der Waals surface area contributed by atoms with Crippen LogP contribution >= 0.6 is 23.1 Å². The van der Waals surface area contributed by atoms with Crippen LogP contribution in [0, 0.1) is 5.92 Å². The molecule has 0 spiro atoms. The van der Waals surface area contributed by atoms with Crippen molar-refractivity contribution in [3.05, 3.63) is 47.6 Å². The number of hydrogen-bond donors (Lipinski definition) is 1. The highest BCUT2D eigenvalue weighted by Crippen LogP contribution is 2.29. The second-order valence-corrected chi connectivity index (χ2v) is 7.63. The molecule has 25 heavy (non-hydrogen) atoms. The average molecular weight is 371 g/mol. The zero-order valence-corrected chi connectivity index (χ0v) is 15.5. The van der Waals surface area contributed by atoms with E-state index in [-0.39, 0.29) is 17.6 Å². The molecule has 128 valence electrons. The highest BCUT2D eigenvalue weighted by molar-refractivity contribution is 8.00. The van der Waals surface area contributed by atoms with Crippen LogP contribution in [0.15, 0.2) is 47.1 Å². The van der Waals surface area contributed by atoms with Crippen LogP contribution in [-0.4, -0.2) is 27.4 Å². The van der Waals surface area contributed by atoms with Gasteiger partial charge in [-0.05, 0) is 35.7 Å². The molecule has 1 amide bonds. The summed E-state index contributed by atoms with van der Waals surface area (Å²) in [6, 6.07) is 8.91. The van der Waals surface area contributed by atoms with E-state index in [0.29, 0.717) is 17.0 Å². The lowest BCUT2D eigenvalue weighted by molar-refractivity contribution is -0.118. The molecular weight excluding hydrogens is 354 g/mol. The van der Waals surface area contributed by atoms with Gasteiger partial charge in [-0.2, -0.15) is 0 Å². The number of thioether (sulfide) groups is 1. The van der Waals surface area contributed by atoms with E-state index in [0.717, 1.165) is 15.2 Å². The molecule has 0 bridgehead atoms. The Morgan fingerprint density at radius 1 is 1.16 bits per heavy atom. The molecule has 1 N–H and O–H groups in total. The van der Waals surface area contributed by atoms with Crippen molar-refractivity contribution in [1.29, 1.82) is 0 Å². The summed E-state index contributed by atoms with van der Waals surface area (Å²) in [6.07, 6.45) is 1.52. The van der Waals surface area contributed by atoms with E-state index in [1.807, 2.05) is 25.3 Å². The molecule has 3 aromatic rings. The highest BCUT2D eigenvalue weighted by Gasteiger charge is 2.12. The van der Waals surface area contributed by atoms with Gasteiger partial charge in [0.1, 0.15) is 11.4 Å². The molecule has 0 saturated carbocycles. The van der Waals surface area contributed by atoms with Gasteiger partial charge in [-0.25, -0.2) is 9.97 Å². The van der Waals surface area contributed by atoms with Gasteiger partial charge >= 0.3 is 0 Å². The molecule has 0 aliphatic rings. The van der Waals surface area contributed by atoms with Crippen LogP contribution in [0.5, 0.6) is 0 Å². The minimum atomic E-state index is -0.0836. The normalized spacial score (nSPS) is 11.0. The van der Waals surface area contributed by atoms with Gasteiger partial charge in [-0.15, -0.1) is 11.3 Å². The van der Waals surface area contributed by atoms with Crippen molar-refractivity contribution in [2.45, 2.75) is 18.9 Å². The first-order valence-corrected chi connectivity index (χ1v) is 9.66. The molecule has 0 aliphatic carbocycles. The second-order valence-electron chi connectivity index (χ2n) is 5.75. The number of aromatic nitrogens is 2. The molecule has 0 fully saturated rings. The van der Waals surface area contributed by atoms with Crippen molar-refractivity contribution in [2.24, 2.45) is 5.92 Å². The minimum absolute atomic E-state index is 0.0232. The quantitative estimate of drug-likeness (QED) is 0.398. The summed E-state index contributed by atoms with van der Waals surface area (Å²) in [4.78, 5) is 32.5. The number of anilines is 1. The standard InChI is InChI=1S/C18H17N3O2S2/c1-11(2)17(23)21-13-5-3-12(4-6-13)15(22)9-25-18-16-14(7-8-24-16)19-10-20-18/h3-8,10-11H,9H2,1-2H3,(H,21,23). The molecule has 1 aromatic carbocycles. The van der Waals surface area contributed by atoms with E-state index in [4.69, 9.17) is 0 Å². The number of carbonyl (C=O) groups is 2. The number of nitrogens with zero attached hydrogens (tertiary/aromatic N) is 2. The summed E-state index contributed by atoms with van der Waals surface area (Å²) in [6.45, 7) is 3.67. The second kappa shape index (κ2) is 7.76. The van der Waals surface area contributed by atoms with Gasteiger partial charge in [0, 0.05) is 17.2 Å². The van der Waals surface area contributed by atoms with Crippen molar-refractivity contribution in [3.8, 4) is 0 Å². The summed E-state index contributed by atoms with van der Waals surface area (Å²) in [5.41, 5.74) is 2.21. The van der Waals surface area contributed by atoms with Crippen molar-refractivity contribution < 1.29 is 9.59 Å². The number of thiophene rings is 1. The minimum Gasteiger partial charge on any atom is -0.326 e. The smallest absolute Gasteiger partial charge is 0.226 e. The third-order valence-electron chi connectivity index (χ3n) is 3.55. The van der Waals surface area contributed by atoms with Crippen LogP contribution in [0.25, 0.3) is 10.2 Å². The Morgan fingerprint density at radius 3 is 2.64 bits per heavy atom. The van der Waals surface area contributed by atoms with Crippen molar-refractivity contribution in [1.82, 2.24) is 9.97 Å². The van der Waals surface area contributed by atoms with Crippen LogP contribution in [0.1, 0.15) is 24.2 Å². The van der Waals surface area contributed by atoms with Gasteiger partial charge < -0.3 is 5.32 Å². The molecule has 0 atom stereocenters. The summed E-state index contributed by atoms with van der Waals surface area (Å²) in [7, 11) is 0. The zero-order valence-electron chi connectivity index (χ0n) is 13.9. The van der Waals surface area contributed by atoms with E-state index in [2.05, 4.69) is 15.3 Å². The van der Waals surface area contributed by atoms with Gasteiger partial charge in [0.2, 0.25) is 5.91 Å².